The molecule has 0 aliphatic carbocycles. The fourth-order valence-electron chi connectivity index (χ4n) is 4.21. The lowest BCUT2D eigenvalue weighted by molar-refractivity contribution is -0.140. The average Bonchev–Trinajstić information content (AvgIpc) is 2.95. The molecule has 0 heterocycles. The first-order valence-electron chi connectivity index (χ1n) is 13.3. The van der Waals surface area contributed by atoms with E-state index in [-0.39, 0.29) is 35.4 Å². The number of rotatable bonds is 13. The van der Waals surface area contributed by atoms with Gasteiger partial charge in [-0.15, -0.1) is 0 Å². The molecule has 226 valence electrons. The van der Waals surface area contributed by atoms with Gasteiger partial charge >= 0.3 is 0 Å². The van der Waals surface area contributed by atoms with Gasteiger partial charge in [-0.3, -0.25) is 13.9 Å². The smallest absolute Gasteiger partial charge is 0.264 e. The lowest BCUT2D eigenvalue weighted by Crippen LogP contribution is -2.52. The van der Waals surface area contributed by atoms with Gasteiger partial charge < -0.3 is 15.0 Å². The second-order valence-corrected chi connectivity index (χ2v) is 13.1. The quantitative estimate of drug-likeness (QED) is 0.229. The molecule has 1 atom stereocenters. The number of nitrogens with one attached hydrogen (secondary N) is 1. The Morgan fingerprint density at radius 3 is 2.19 bits per heavy atom. The molecular formula is C30H34Cl3N3O5S. The van der Waals surface area contributed by atoms with Crippen molar-refractivity contribution in [2.75, 3.05) is 24.5 Å². The normalized spacial score (nSPS) is 12.1. The minimum absolute atomic E-state index is 0.0472. The van der Waals surface area contributed by atoms with Gasteiger partial charge in [-0.05, 0) is 72.5 Å². The number of anilines is 1. The Balaban J connectivity index is 2.07. The van der Waals surface area contributed by atoms with Gasteiger partial charge in [0, 0.05) is 28.2 Å². The molecule has 0 fully saturated rings. The summed E-state index contributed by atoms with van der Waals surface area (Å²) in [5.41, 5.74) is 0.741. The van der Waals surface area contributed by atoms with E-state index < -0.39 is 28.5 Å². The van der Waals surface area contributed by atoms with Crippen LogP contribution in [0.1, 0.15) is 32.8 Å². The highest BCUT2D eigenvalue weighted by molar-refractivity contribution is 7.92. The van der Waals surface area contributed by atoms with Crippen molar-refractivity contribution in [1.29, 1.82) is 0 Å². The number of methoxy groups -OCH3 is 1. The van der Waals surface area contributed by atoms with Crippen molar-refractivity contribution in [3.05, 3.63) is 87.4 Å². The molecule has 0 saturated heterocycles. The van der Waals surface area contributed by atoms with E-state index in [2.05, 4.69) is 5.32 Å². The van der Waals surface area contributed by atoms with E-state index in [0.717, 1.165) is 4.31 Å². The number of sulfonamides is 1. The summed E-state index contributed by atoms with van der Waals surface area (Å²) in [7, 11) is -2.78. The molecule has 0 unspecified atom stereocenters. The highest BCUT2D eigenvalue weighted by Gasteiger charge is 2.34. The molecule has 2 amide bonds. The summed E-state index contributed by atoms with van der Waals surface area (Å²) in [6, 6.07) is 16.0. The predicted octanol–water partition coefficient (Wildman–Crippen LogP) is 6.43. The van der Waals surface area contributed by atoms with E-state index in [4.69, 9.17) is 39.5 Å². The third-order valence-corrected chi connectivity index (χ3v) is 9.06. The lowest BCUT2D eigenvalue weighted by Gasteiger charge is -2.33. The summed E-state index contributed by atoms with van der Waals surface area (Å²) in [4.78, 5) is 28.7. The molecule has 0 spiro atoms. The Hall–Kier alpha value is -2.98. The number of hydrogen-bond donors (Lipinski definition) is 1. The molecule has 0 radical (unpaired) electrons. The molecule has 0 bridgehead atoms. The summed E-state index contributed by atoms with van der Waals surface area (Å²) >= 11 is 18.8. The molecule has 0 aliphatic heterocycles. The number of nitrogens with zero attached hydrogens (tertiary/aromatic N) is 2. The molecule has 3 rings (SSSR count). The van der Waals surface area contributed by atoms with Crippen LogP contribution in [0.3, 0.4) is 0 Å². The van der Waals surface area contributed by atoms with Gasteiger partial charge in [0.05, 0.1) is 17.7 Å². The average molecular weight is 655 g/mol. The zero-order valence-corrected chi connectivity index (χ0v) is 26.9. The molecule has 42 heavy (non-hydrogen) atoms. The van der Waals surface area contributed by atoms with Gasteiger partial charge in [-0.1, -0.05) is 67.7 Å². The van der Waals surface area contributed by atoms with Crippen LogP contribution < -0.4 is 14.4 Å². The van der Waals surface area contributed by atoms with Crippen molar-refractivity contribution in [2.24, 2.45) is 5.92 Å². The molecule has 0 saturated carbocycles. The second kappa shape index (κ2) is 15.0. The number of ether oxygens (including phenoxy) is 1. The van der Waals surface area contributed by atoms with E-state index >= 15 is 0 Å². The van der Waals surface area contributed by atoms with Crippen molar-refractivity contribution in [1.82, 2.24) is 10.2 Å². The number of carbonyl (C=O) groups excluding carboxylic acids is 2. The van der Waals surface area contributed by atoms with Crippen molar-refractivity contribution >= 4 is 62.3 Å². The van der Waals surface area contributed by atoms with Gasteiger partial charge in [0.25, 0.3) is 10.0 Å². The third-order valence-electron chi connectivity index (χ3n) is 6.45. The molecule has 0 aromatic heterocycles. The SMILES string of the molecule is CC[C@@H](C(=O)NCC(C)C)N(Cc1ccc(Cl)cc1Cl)C(=O)CN(c1cccc(Cl)c1)S(=O)(=O)c1ccc(OC)cc1. The third kappa shape index (κ3) is 8.53. The van der Waals surface area contributed by atoms with Crippen LogP contribution in [-0.2, 0) is 26.2 Å². The summed E-state index contributed by atoms with van der Waals surface area (Å²) in [5, 5.41) is 3.91. The topological polar surface area (TPSA) is 96.0 Å². The van der Waals surface area contributed by atoms with Crippen LogP contribution in [0.2, 0.25) is 15.1 Å². The van der Waals surface area contributed by atoms with Gasteiger partial charge in [0.2, 0.25) is 11.8 Å². The molecule has 12 heteroatoms. The van der Waals surface area contributed by atoms with Crippen LogP contribution in [0.4, 0.5) is 5.69 Å². The minimum atomic E-state index is -4.26. The van der Waals surface area contributed by atoms with Crippen LogP contribution >= 0.6 is 34.8 Å². The Morgan fingerprint density at radius 2 is 1.62 bits per heavy atom. The van der Waals surface area contributed by atoms with E-state index in [0.29, 0.717) is 32.9 Å². The summed E-state index contributed by atoms with van der Waals surface area (Å²) in [6.45, 7) is 5.48. The van der Waals surface area contributed by atoms with E-state index in [1.807, 2.05) is 13.8 Å². The Morgan fingerprint density at radius 1 is 0.952 bits per heavy atom. The fourth-order valence-corrected chi connectivity index (χ4v) is 6.27. The summed E-state index contributed by atoms with van der Waals surface area (Å²) in [5.74, 6) is -0.292. The summed E-state index contributed by atoms with van der Waals surface area (Å²) in [6.07, 6.45) is 0.281. The lowest BCUT2D eigenvalue weighted by atomic mass is 10.1. The zero-order valence-electron chi connectivity index (χ0n) is 23.8. The van der Waals surface area contributed by atoms with E-state index in [1.165, 1.54) is 42.3 Å². The molecule has 1 N–H and O–H groups in total. The summed E-state index contributed by atoms with van der Waals surface area (Å²) < 4.78 is 34.1. The van der Waals surface area contributed by atoms with Crippen LogP contribution in [0.15, 0.2) is 71.6 Å². The maximum Gasteiger partial charge on any atom is 0.264 e. The maximum absolute atomic E-state index is 14.1. The van der Waals surface area contributed by atoms with Crippen LogP contribution in [-0.4, -0.2) is 51.4 Å². The number of hydrogen-bond acceptors (Lipinski definition) is 5. The Kier molecular flexibility index (Phi) is 11.9. The highest BCUT2D eigenvalue weighted by Crippen LogP contribution is 2.29. The van der Waals surface area contributed by atoms with E-state index in [9.17, 15) is 18.0 Å². The van der Waals surface area contributed by atoms with Gasteiger partial charge in [0.1, 0.15) is 18.3 Å². The zero-order chi connectivity index (χ0) is 31.0. The molecule has 8 nitrogen and oxygen atoms in total. The van der Waals surface area contributed by atoms with Gasteiger partial charge in [-0.25, -0.2) is 8.42 Å². The number of halogens is 3. The number of carbonyl (C=O) groups is 2. The van der Waals surface area contributed by atoms with Crippen molar-refractivity contribution in [3.63, 3.8) is 0 Å². The van der Waals surface area contributed by atoms with Gasteiger partial charge in [0.15, 0.2) is 0 Å². The van der Waals surface area contributed by atoms with Crippen molar-refractivity contribution < 1.29 is 22.7 Å². The van der Waals surface area contributed by atoms with E-state index in [1.54, 1.807) is 43.3 Å². The largest absolute Gasteiger partial charge is 0.497 e. The minimum Gasteiger partial charge on any atom is -0.497 e. The second-order valence-electron chi connectivity index (χ2n) is 9.99. The van der Waals surface area contributed by atoms with Crippen LogP contribution in [0.5, 0.6) is 5.75 Å². The Bertz CT molecular complexity index is 1500. The maximum atomic E-state index is 14.1. The first kappa shape index (κ1) is 33.5. The van der Waals surface area contributed by atoms with Crippen LogP contribution in [0.25, 0.3) is 0 Å². The highest BCUT2D eigenvalue weighted by atomic mass is 35.5. The fraction of sp³-hybridized carbons (Fsp3) is 0.333. The monoisotopic (exact) mass is 653 g/mol. The Labute approximate surface area is 262 Å². The standard InChI is InChI=1S/C30H34Cl3N3O5S/c1-5-28(30(38)34-17-20(2)3)35(18-21-9-10-23(32)16-27(21)33)29(37)19-36(24-8-6-7-22(31)15-24)42(39,40)26-13-11-25(41-4)12-14-26/h6-16,20,28H,5,17-19H2,1-4H3,(H,34,38)/t28-/m0/s1. The molecule has 3 aromatic carbocycles. The predicted molar refractivity (Wildman–Crippen MR) is 168 cm³/mol. The first-order valence-corrected chi connectivity index (χ1v) is 15.9. The van der Waals surface area contributed by atoms with Crippen LogP contribution in [0, 0.1) is 5.92 Å². The van der Waals surface area contributed by atoms with Gasteiger partial charge in [-0.2, -0.15) is 0 Å². The van der Waals surface area contributed by atoms with Crippen molar-refractivity contribution in [2.45, 2.75) is 44.7 Å². The molecule has 3 aromatic rings. The molecular weight excluding hydrogens is 621 g/mol. The van der Waals surface area contributed by atoms with Crippen molar-refractivity contribution in [3.8, 4) is 5.75 Å². The number of benzene rings is 3. The number of amides is 2. The first-order chi connectivity index (χ1) is 19.9. The molecule has 0 aliphatic rings.